The molecule has 0 bridgehead atoms. The van der Waals surface area contributed by atoms with E-state index in [4.69, 9.17) is 0 Å². The van der Waals surface area contributed by atoms with E-state index in [-0.39, 0.29) is 5.56 Å². The summed E-state index contributed by atoms with van der Waals surface area (Å²) in [4.78, 5) is 12.9. The summed E-state index contributed by atoms with van der Waals surface area (Å²) in [6.45, 7) is 0. The third kappa shape index (κ3) is 2.89. The van der Waals surface area contributed by atoms with E-state index in [2.05, 4.69) is 20.3 Å². The van der Waals surface area contributed by atoms with Crippen LogP contribution in [0.25, 0.3) is 22.0 Å². The fourth-order valence-corrected chi connectivity index (χ4v) is 2.58. The molecule has 6 heteroatoms. The van der Waals surface area contributed by atoms with Crippen LogP contribution < -0.4 is 5.32 Å². The Balaban J connectivity index is 1.65. The van der Waals surface area contributed by atoms with Crippen LogP contribution in [0, 0.1) is 11.6 Å². The topological polar surface area (TPSA) is 50.7 Å². The maximum absolute atomic E-state index is 13.9. The summed E-state index contributed by atoms with van der Waals surface area (Å²) in [6.07, 6.45) is 4.87. The van der Waals surface area contributed by atoms with E-state index >= 15 is 0 Å². The SMILES string of the molecule is Fc1cccc(-c2ccc(Nc3nccc4ncccc34)nc2)c1F. The Bertz CT molecular complexity index is 1040. The fraction of sp³-hybridized carbons (Fsp3) is 0. The highest BCUT2D eigenvalue weighted by atomic mass is 19.2. The van der Waals surface area contributed by atoms with Crippen molar-refractivity contribution < 1.29 is 8.78 Å². The molecule has 0 saturated carbocycles. The first-order valence-electron chi connectivity index (χ1n) is 7.59. The number of hydrogen-bond donors (Lipinski definition) is 1. The summed E-state index contributed by atoms with van der Waals surface area (Å²) in [7, 11) is 0. The number of halogens is 2. The number of rotatable bonds is 3. The van der Waals surface area contributed by atoms with Gasteiger partial charge in [-0.15, -0.1) is 0 Å². The molecule has 122 valence electrons. The zero-order valence-corrected chi connectivity index (χ0v) is 12.9. The molecule has 0 amide bonds. The van der Waals surface area contributed by atoms with Crippen LogP contribution in [0.15, 0.2) is 67.1 Å². The summed E-state index contributed by atoms with van der Waals surface area (Å²) in [5.74, 6) is -0.592. The number of anilines is 2. The summed E-state index contributed by atoms with van der Waals surface area (Å²) in [5.41, 5.74) is 1.49. The molecule has 0 aliphatic rings. The van der Waals surface area contributed by atoms with Crippen molar-refractivity contribution in [3.05, 3.63) is 78.8 Å². The number of pyridine rings is 3. The molecule has 1 N–H and O–H groups in total. The molecule has 25 heavy (non-hydrogen) atoms. The Morgan fingerprint density at radius 1 is 0.800 bits per heavy atom. The molecule has 0 aliphatic heterocycles. The predicted molar refractivity (Wildman–Crippen MR) is 92.4 cm³/mol. The molecule has 4 nitrogen and oxygen atoms in total. The van der Waals surface area contributed by atoms with Crippen molar-refractivity contribution in [3.8, 4) is 11.1 Å². The Morgan fingerprint density at radius 3 is 2.56 bits per heavy atom. The van der Waals surface area contributed by atoms with Gasteiger partial charge in [0.2, 0.25) is 0 Å². The van der Waals surface area contributed by atoms with Crippen LogP contribution in [0.5, 0.6) is 0 Å². The highest BCUT2D eigenvalue weighted by Gasteiger charge is 2.10. The van der Waals surface area contributed by atoms with Crippen molar-refractivity contribution in [1.29, 1.82) is 0 Å². The molecule has 4 rings (SSSR count). The molecule has 0 fully saturated rings. The molecule has 1 aromatic carbocycles. The van der Waals surface area contributed by atoms with Gasteiger partial charge >= 0.3 is 0 Å². The zero-order chi connectivity index (χ0) is 17.2. The Kier molecular flexibility index (Phi) is 3.78. The van der Waals surface area contributed by atoms with Crippen molar-refractivity contribution in [1.82, 2.24) is 15.0 Å². The lowest BCUT2D eigenvalue weighted by Gasteiger charge is -2.09. The molecule has 3 heterocycles. The number of benzene rings is 1. The highest BCUT2D eigenvalue weighted by molar-refractivity contribution is 5.90. The maximum atomic E-state index is 13.9. The number of aromatic nitrogens is 3. The summed E-state index contributed by atoms with van der Waals surface area (Å²) >= 11 is 0. The van der Waals surface area contributed by atoms with E-state index in [0.717, 1.165) is 17.0 Å². The minimum Gasteiger partial charge on any atom is -0.324 e. The molecule has 0 unspecified atom stereocenters. The first-order chi connectivity index (χ1) is 12.2. The van der Waals surface area contributed by atoms with Crippen LogP contribution in [0.1, 0.15) is 0 Å². The number of nitrogens with zero attached hydrogens (tertiary/aromatic N) is 3. The van der Waals surface area contributed by atoms with Crippen molar-refractivity contribution in [3.63, 3.8) is 0 Å². The van der Waals surface area contributed by atoms with Gasteiger partial charge in [0.05, 0.1) is 5.52 Å². The smallest absolute Gasteiger partial charge is 0.166 e. The molecule has 0 aliphatic carbocycles. The second-order valence-electron chi connectivity index (χ2n) is 5.39. The lowest BCUT2D eigenvalue weighted by Crippen LogP contribution is -1.97. The second-order valence-corrected chi connectivity index (χ2v) is 5.39. The first kappa shape index (κ1) is 15.1. The van der Waals surface area contributed by atoms with Crippen molar-refractivity contribution >= 4 is 22.5 Å². The molecule has 3 aromatic heterocycles. The predicted octanol–water partition coefficient (Wildman–Crippen LogP) is 4.71. The van der Waals surface area contributed by atoms with Gasteiger partial charge in [-0.05, 0) is 36.4 Å². The minimum atomic E-state index is -0.883. The normalized spacial score (nSPS) is 10.8. The molecule has 0 radical (unpaired) electrons. The van der Waals surface area contributed by atoms with Crippen molar-refractivity contribution in [2.45, 2.75) is 0 Å². The van der Waals surface area contributed by atoms with Gasteiger partial charge in [-0.1, -0.05) is 12.1 Å². The molecular weight excluding hydrogens is 322 g/mol. The van der Waals surface area contributed by atoms with Crippen LogP contribution in [0.2, 0.25) is 0 Å². The standard InChI is InChI=1S/C19H12F2N4/c20-15-5-1-3-13(18(15)21)12-6-7-17(24-11-12)25-19-14-4-2-9-22-16(14)8-10-23-19/h1-11H,(H,23,24,25). The second kappa shape index (κ2) is 6.24. The van der Waals surface area contributed by atoms with Crippen LogP contribution in [0.4, 0.5) is 20.4 Å². The Hall–Kier alpha value is -3.41. The van der Waals surface area contributed by atoms with Gasteiger partial charge in [0.25, 0.3) is 0 Å². The molecule has 4 aromatic rings. The molecule has 0 atom stereocenters. The van der Waals surface area contributed by atoms with Gasteiger partial charge in [-0.2, -0.15) is 0 Å². The van der Waals surface area contributed by atoms with E-state index in [1.54, 1.807) is 24.5 Å². The molecule has 0 spiro atoms. The summed E-state index contributed by atoms with van der Waals surface area (Å²) < 4.78 is 27.2. The van der Waals surface area contributed by atoms with E-state index < -0.39 is 11.6 Å². The number of hydrogen-bond acceptors (Lipinski definition) is 4. The minimum absolute atomic E-state index is 0.173. The molecule has 0 saturated heterocycles. The quantitative estimate of drug-likeness (QED) is 0.589. The Morgan fingerprint density at radius 2 is 1.72 bits per heavy atom. The number of nitrogens with one attached hydrogen (secondary N) is 1. The van der Waals surface area contributed by atoms with Crippen LogP contribution in [-0.4, -0.2) is 15.0 Å². The monoisotopic (exact) mass is 334 g/mol. The van der Waals surface area contributed by atoms with Gasteiger partial charge in [0, 0.05) is 35.1 Å². The van der Waals surface area contributed by atoms with Crippen LogP contribution in [0.3, 0.4) is 0 Å². The molecular formula is C19H12F2N4. The van der Waals surface area contributed by atoms with Crippen LogP contribution in [-0.2, 0) is 0 Å². The van der Waals surface area contributed by atoms with Gasteiger partial charge in [0.1, 0.15) is 11.6 Å². The maximum Gasteiger partial charge on any atom is 0.166 e. The van der Waals surface area contributed by atoms with Gasteiger partial charge in [0.15, 0.2) is 11.6 Å². The average Bonchev–Trinajstić information content (AvgIpc) is 2.65. The van der Waals surface area contributed by atoms with Crippen LogP contribution >= 0.6 is 0 Å². The fourth-order valence-electron chi connectivity index (χ4n) is 2.58. The average molecular weight is 334 g/mol. The largest absolute Gasteiger partial charge is 0.324 e. The third-order valence-electron chi connectivity index (χ3n) is 3.80. The summed E-state index contributed by atoms with van der Waals surface area (Å²) in [6, 6.07) is 13.0. The van der Waals surface area contributed by atoms with E-state index in [9.17, 15) is 8.78 Å². The van der Waals surface area contributed by atoms with Crippen molar-refractivity contribution in [2.75, 3.05) is 5.32 Å². The highest BCUT2D eigenvalue weighted by Crippen LogP contribution is 2.26. The lowest BCUT2D eigenvalue weighted by molar-refractivity contribution is 0.511. The van der Waals surface area contributed by atoms with E-state index in [1.165, 1.54) is 18.3 Å². The summed E-state index contributed by atoms with van der Waals surface area (Å²) in [5, 5.41) is 3.99. The lowest BCUT2D eigenvalue weighted by atomic mass is 10.1. The Labute approximate surface area is 142 Å². The van der Waals surface area contributed by atoms with Gasteiger partial charge in [-0.3, -0.25) is 4.98 Å². The van der Waals surface area contributed by atoms with E-state index in [0.29, 0.717) is 17.2 Å². The zero-order valence-electron chi connectivity index (χ0n) is 12.9. The van der Waals surface area contributed by atoms with Crippen molar-refractivity contribution in [2.24, 2.45) is 0 Å². The van der Waals surface area contributed by atoms with Gasteiger partial charge in [-0.25, -0.2) is 18.7 Å². The first-order valence-corrected chi connectivity index (χ1v) is 7.59. The number of fused-ring (bicyclic) bond motifs is 1. The third-order valence-corrected chi connectivity index (χ3v) is 3.80. The van der Waals surface area contributed by atoms with E-state index in [1.807, 2.05) is 18.2 Å². The van der Waals surface area contributed by atoms with Gasteiger partial charge < -0.3 is 5.32 Å².